The second kappa shape index (κ2) is 11.1. The average molecular weight is 519 g/mol. The summed E-state index contributed by atoms with van der Waals surface area (Å²) in [6.45, 7) is 0.434. The van der Waals surface area contributed by atoms with E-state index < -0.39 is 23.6 Å². The van der Waals surface area contributed by atoms with Crippen LogP contribution in [-0.4, -0.2) is 48.5 Å². The van der Waals surface area contributed by atoms with Crippen molar-refractivity contribution in [3.8, 4) is 23.0 Å². The lowest BCUT2D eigenvalue weighted by Gasteiger charge is -2.12. The molecular formula is C27H22N2O7S. The second-order valence-corrected chi connectivity index (χ2v) is 8.96. The summed E-state index contributed by atoms with van der Waals surface area (Å²) in [7, 11) is 0. The number of rotatable bonds is 9. The smallest absolute Gasteiger partial charge is 0.294 e. The zero-order valence-electron chi connectivity index (χ0n) is 19.5. The van der Waals surface area contributed by atoms with Crippen LogP contribution in [0, 0.1) is 0 Å². The molecule has 2 aliphatic rings. The number of carbonyl (C=O) groups is 3. The minimum absolute atomic E-state index is 0.119. The Hall–Kier alpha value is -4.44. The van der Waals surface area contributed by atoms with E-state index in [1.165, 1.54) is 0 Å². The molecule has 0 saturated carbocycles. The van der Waals surface area contributed by atoms with E-state index in [-0.39, 0.29) is 11.7 Å². The lowest BCUT2D eigenvalue weighted by molar-refractivity contribution is -0.127. The molecule has 0 unspecified atom stereocenters. The van der Waals surface area contributed by atoms with Gasteiger partial charge in [-0.25, -0.2) is 0 Å². The van der Waals surface area contributed by atoms with E-state index in [2.05, 4.69) is 5.32 Å². The molecule has 2 aliphatic heterocycles. The minimum atomic E-state index is -0.529. The van der Waals surface area contributed by atoms with Gasteiger partial charge in [-0.3, -0.25) is 19.3 Å². The van der Waals surface area contributed by atoms with Gasteiger partial charge in [0, 0.05) is 11.8 Å². The molecule has 9 nitrogen and oxygen atoms in total. The van der Waals surface area contributed by atoms with Crippen molar-refractivity contribution in [3.63, 3.8) is 0 Å². The molecule has 1 fully saturated rings. The highest BCUT2D eigenvalue weighted by Gasteiger charge is 2.36. The molecule has 3 amide bonds. The molecule has 37 heavy (non-hydrogen) atoms. The summed E-state index contributed by atoms with van der Waals surface area (Å²) >= 11 is 0.787. The number of nitrogens with one attached hydrogen (secondary N) is 1. The van der Waals surface area contributed by atoms with Crippen molar-refractivity contribution < 1.29 is 33.3 Å². The molecule has 3 aromatic rings. The Labute approximate surface area is 217 Å². The molecule has 0 atom stereocenters. The van der Waals surface area contributed by atoms with Crippen molar-refractivity contribution in [1.29, 1.82) is 0 Å². The maximum absolute atomic E-state index is 12.8. The molecule has 188 valence electrons. The number of amides is 3. The monoisotopic (exact) mass is 518 g/mol. The first-order valence-corrected chi connectivity index (χ1v) is 12.2. The fraction of sp³-hybridized carbons (Fsp3) is 0.148. The number of hydrogen-bond acceptors (Lipinski definition) is 8. The lowest BCUT2D eigenvalue weighted by Crippen LogP contribution is -2.36. The molecule has 0 aromatic heterocycles. The summed E-state index contributed by atoms with van der Waals surface area (Å²) in [6, 6.07) is 21.6. The van der Waals surface area contributed by atoms with E-state index in [9.17, 15) is 14.4 Å². The van der Waals surface area contributed by atoms with Gasteiger partial charge in [0.1, 0.15) is 31.3 Å². The molecule has 0 radical (unpaired) electrons. The predicted molar refractivity (Wildman–Crippen MR) is 138 cm³/mol. The summed E-state index contributed by atoms with van der Waals surface area (Å²) in [6.07, 6.45) is 1.61. The van der Waals surface area contributed by atoms with Crippen molar-refractivity contribution in [1.82, 2.24) is 4.90 Å². The van der Waals surface area contributed by atoms with E-state index in [1.54, 1.807) is 48.5 Å². The van der Waals surface area contributed by atoms with E-state index in [1.807, 2.05) is 30.3 Å². The van der Waals surface area contributed by atoms with Gasteiger partial charge in [0.15, 0.2) is 11.5 Å². The SMILES string of the molecule is O=C(CN1C(=O)S/C(=C/c2cccc(OCCOc3ccccc3)c2)C1=O)Nc1ccc2c(c1)OCO2. The number of para-hydroxylation sites is 1. The number of ether oxygens (including phenoxy) is 4. The average Bonchev–Trinajstić information content (AvgIpc) is 3.47. The first-order valence-electron chi connectivity index (χ1n) is 11.4. The fourth-order valence-corrected chi connectivity index (χ4v) is 4.47. The fourth-order valence-electron chi connectivity index (χ4n) is 3.64. The highest BCUT2D eigenvalue weighted by Crippen LogP contribution is 2.35. The quantitative estimate of drug-likeness (QED) is 0.325. The summed E-state index contributed by atoms with van der Waals surface area (Å²) in [5.41, 5.74) is 1.17. The van der Waals surface area contributed by atoms with Crippen LogP contribution < -0.4 is 24.3 Å². The van der Waals surface area contributed by atoms with Crippen LogP contribution >= 0.6 is 11.8 Å². The highest BCUT2D eigenvalue weighted by atomic mass is 32.2. The van der Waals surface area contributed by atoms with Gasteiger partial charge in [-0.05, 0) is 59.8 Å². The highest BCUT2D eigenvalue weighted by molar-refractivity contribution is 8.18. The molecule has 1 N–H and O–H groups in total. The van der Waals surface area contributed by atoms with E-state index in [0.717, 1.165) is 22.4 Å². The van der Waals surface area contributed by atoms with Crippen molar-refractivity contribution in [2.45, 2.75) is 0 Å². The minimum Gasteiger partial charge on any atom is -0.490 e. The molecule has 5 rings (SSSR count). The molecule has 0 aliphatic carbocycles. The summed E-state index contributed by atoms with van der Waals surface area (Å²) < 4.78 is 21.9. The van der Waals surface area contributed by atoms with Crippen molar-refractivity contribution in [2.75, 3.05) is 31.9 Å². The van der Waals surface area contributed by atoms with Crippen LogP contribution in [0.15, 0.2) is 77.7 Å². The second-order valence-electron chi connectivity index (χ2n) is 7.97. The Balaban J connectivity index is 1.16. The van der Waals surface area contributed by atoms with Gasteiger partial charge in [0.2, 0.25) is 12.7 Å². The zero-order chi connectivity index (χ0) is 25.6. The third-order valence-corrected chi connectivity index (χ3v) is 6.26. The van der Waals surface area contributed by atoms with Crippen LogP contribution in [0.5, 0.6) is 23.0 Å². The number of thioether (sulfide) groups is 1. The maximum atomic E-state index is 12.8. The molecule has 3 aromatic carbocycles. The molecule has 0 bridgehead atoms. The maximum Gasteiger partial charge on any atom is 0.294 e. The summed E-state index contributed by atoms with van der Waals surface area (Å²) in [5.74, 6) is 1.44. The van der Waals surface area contributed by atoms with Crippen molar-refractivity contribution in [2.24, 2.45) is 0 Å². The number of anilines is 1. The Morgan fingerprint density at radius 3 is 2.51 bits per heavy atom. The number of hydrogen-bond donors (Lipinski definition) is 1. The van der Waals surface area contributed by atoms with E-state index in [4.69, 9.17) is 18.9 Å². The van der Waals surface area contributed by atoms with Crippen molar-refractivity contribution >= 4 is 40.6 Å². The summed E-state index contributed by atoms with van der Waals surface area (Å²) in [5, 5.41) is 2.16. The predicted octanol–water partition coefficient (Wildman–Crippen LogP) is 4.55. The molecule has 0 spiro atoms. The zero-order valence-corrected chi connectivity index (χ0v) is 20.4. The van der Waals surface area contributed by atoms with Crippen LogP contribution in [0.3, 0.4) is 0 Å². The lowest BCUT2D eigenvalue weighted by atomic mass is 10.2. The van der Waals surface area contributed by atoms with Crippen LogP contribution in [0.4, 0.5) is 10.5 Å². The van der Waals surface area contributed by atoms with Gasteiger partial charge in [-0.15, -0.1) is 0 Å². The summed E-state index contributed by atoms with van der Waals surface area (Å²) in [4.78, 5) is 38.9. The Morgan fingerprint density at radius 2 is 1.68 bits per heavy atom. The molecule has 2 heterocycles. The third kappa shape index (κ3) is 6.04. The van der Waals surface area contributed by atoms with Crippen LogP contribution in [0.1, 0.15) is 5.56 Å². The number of carbonyl (C=O) groups excluding carboxylic acids is 3. The molecule has 10 heteroatoms. The Morgan fingerprint density at radius 1 is 0.919 bits per heavy atom. The van der Waals surface area contributed by atoms with Gasteiger partial charge >= 0.3 is 0 Å². The topological polar surface area (TPSA) is 103 Å². The van der Waals surface area contributed by atoms with Crippen LogP contribution in [0.2, 0.25) is 0 Å². The Bertz CT molecular complexity index is 1360. The van der Waals surface area contributed by atoms with Gasteiger partial charge in [0.05, 0.1) is 4.91 Å². The number of benzene rings is 3. The number of fused-ring (bicyclic) bond motifs is 1. The van der Waals surface area contributed by atoms with Gasteiger partial charge in [-0.2, -0.15) is 0 Å². The molecular weight excluding hydrogens is 496 g/mol. The van der Waals surface area contributed by atoms with Crippen molar-refractivity contribution in [3.05, 3.63) is 83.3 Å². The third-order valence-electron chi connectivity index (χ3n) is 5.35. The van der Waals surface area contributed by atoms with Gasteiger partial charge < -0.3 is 24.3 Å². The number of imide groups is 1. The van der Waals surface area contributed by atoms with E-state index in [0.29, 0.717) is 41.7 Å². The van der Waals surface area contributed by atoms with Gasteiger partial charge in [-0.1, -0.05) is 30.3 Å². The largest absolute Gasteiger partial charge is 0.490 e. The van der Waals surface area contributed by atoms with Crippen LogP contribution in [0.25, 0.3) is 6.08 Å². The van der Waals surface area contributed by atoms with E-state index >= 15 is 0 Å². The van der Waals surface area contributed by atoms with Crippen LogP contribution in [-0.2, 0) is 9.59 Å². The Kier molecular flexibility index (Phi) is 7.27. The normalized spacial score (nSPS) is 15.2. The first kappa shape index (κ1) is 24.3. The number of nitrogens with zero attached hydrogens (tertiary/aromatic N) is 1. The standard InChI is InChI=1S/C27H22N2O7S/c30-25(28-19-9-10-22-23(15-19)36-17-35-22)16-29-26(31)24(37-27(29)32)14-18-5-4-8-21(13-18)34-12-11-33-20-6-2-1-3-7-20/h1-10,13-15H,11-12,16-17H2,(H,28,30)/b24-14+. The first-order chi connectivity index (χ1) is 18.0. The molecule has 1 saturated heterocycles. The van der Waals surface area contributed by atoms with Gasteiger partial charge in [0.25, 0.3) is 11.1 Å².